The summed E-state index contributed by atoms with van der Waals surface area (Å²) in [5, 5.41) is 0. The molecule has 2 rings (SSSR count). The number of furan rings is 1. The number of alkyl halides is 1. The molecule has 0 unspecified atom stereocenters. The van der Waals surface area contributed by atoms with E-state index in [0.717, 1.165) is 0 Å². The number of methoxy groups -OCH3 is 1. The van der Waals surface area contributed by atoms with Gasteiger partial charge >= 0.3 is 5.97 Å². The minimum atomic E-state index is -0.454. The standard InChI is InChI=1S/C15H19ClO3/c1-18-15(17)14-8-7-13(19-14)9-12(10-16)11-5-3-2-4-6-11/h7-9,11H,2-6,10H2,1H3. The highest BCUT2D eigenvalue weighted by atomic mass is 35.5. The van der Waals surface area contributed by atoms with E-state index in [4.69, 9.17) is 16.0 Å². The average Bonchev–Trinajstić information content (AvgIpc) is 2.93. The van der Waals surface area contributed by atoms with Crippen LogP contribution >= 0.6 is 11.6 Å². The molecule has 0 spiro atoms. The van der Waals surface area contributed by atoms with E-state index < -0.39 is 5.97 Å². The van der Waals surface area contributed by atoms with Gasteiger partial charge < -0.3 is 9.15 Å². The Labute approximate surface area is 118 Å². The van der Waals surface area contributed by atoms with Gasteiger partial charge in [0.15, 0.2) is 0 Å². The van der Waals surface area contributed by atoms with E-state index in [1.54, 1.807) is 12.1 Å². The maximum atomic E-state index is 11.3. The fourth-order valence-corrected chi connectivity index (χ4v) is 2.86. The van der Waals surface area contributed by atoms with Gasteiger partial charge in [0.25, 0.3) is 0 Å². The Morgan fingerprint density at radius 1 is 1.42 bits per heavy atom. The van der Waals surface area contributed by atoms with Gasteiger partial charge in [-0.15, -0.1) is 11.6 Å². The molecule has 0 radical (unpaired) electrons. The highest BCUT2D eigenvalue weighted by Gasteiger charge is 2.18. The zero-order chi connectivity index (χ0) is 13.7. The van der Waals surface area contributed by atoms with E-state index in [9.17, 15) is 4.79 Å². The minimum absolute atomic E-state index is 0.228. The van der Waals surface area contributed by atoms with Crippen LogP contribution in [0.2, 0.25) is 0 Å². The molecule has 0 amide bonds. The van der Waals surface area contributed by atoms with Gasteiger partial charge in [0.05, 0.1) is 7.11 Å². The van der Waals surface area contributed by atoms with Gasteiger partial charge in [0.1, 0.15) is 5.76 Å². The largest absolute Gasteiger partial charge is 0.463 e. The smallest absolute Gasteiger partial charge is 0.373 e. The first-order chi connectivity index (χ1) is 9.24. The number of allylic oxidation sites excluding steroid dienone is 1. The summed E-state index contributed by atoms with van der Waals surface area (Å²) in [6.45, 7) is 0. The molecule has 1 aromatic heterocycles. The summed E-state index contributed by atoms with van der Waals surface area (Å²) >= 11 is 6.05. The molecule has 19 heavy (non-hydrogen) atoms. The minimum Gasteiger partial charge on any atom is -0.463 e. The summed E-state index contributed by atoms with van der Waals surface area (Å²) < 4.78 is 10.1. The van der Waals surface area contributed by atoms with Crippen LogP contribution in [0.15, 0.2) is 22.1 Å². The Morgan fingerprint density at radius 2 is 2.16 bits per heavy atom. The number of halogens is 1. The normalized spacial score (nSPS) is 17.5. The molecule has 1 saturated carbocycles. The Hall–Kier alpha value is -1.22. The molecule has 0 bridgehead atoms. The Kier molecular flexibility index (Phi) is 5.08. The lowest BCUT2D eigenvalue weighted by Gasteiger charge is -2.23. The second-order valence-corrected chi connectivity index (χ2v) is 5.15. The fraction of sp³-hybridized carbons (Fsp3) is 0.533. The summed E-state index contributed by atoms with van der Waals surface area (Å²) in [5.74, 6) is 1.51. The maximum absolute atomic E-state index is 11.3. The van der Waals surface area contributed by atoms with Crippen molar-refractivity contribution in [2.75, 3.05) is 13.0 Å². The van der Waals surface area contributed by atoms with Crippen LogP contribution in [0, 0.1) is 5.92 Å². The number of hydrogen-bond donors (Lipinski definition) is 0. The van der Waals surface area contributed by atoms with Crippen molar-refractivity contribution >= 4 is 23.6 Å². The zero-order valence-corrected chi connectivity index (χ0v) is 11.9. The van der Waals surface area contributed by atoms with Crippen LogP contribution in [-0.4, -0.2) is 19.0 Å². The van der Waals surface area contributed by atoms with E-state index in [0.29, 0.717) is 17.6 Å². The van der Waals surface area contributed by atoms with Crippen LogP contribution in [0.25, 0.3) is 6.08 Å². The molecular formula is C15H19ClO3. The lowest BCUT2D eigenvalue weighted by Crippen LogP contribution is -2.10. The number of carbonyl (C=O) groups excluding carboxylic acids is 1. The van der Waals surface area contributed by atoms with Crippen LogP contribution in [-0.2, 0) is 4.74 Å². The molecular weight excluding hydrogens is 264 g/mol. The van der Waals surface area contributed by atoms with E-state index in [1.165, 1.54) is 44.8 Å². The molecule has 0 aliphatic heterocycles. The van der Waals surface area contributed by atoms with Gasteiger partial charge in [-0.2, -0.15) is 0 Å². The topological polar surface area (TPSA) is 39.4 Å². The van der Waals surface area contributed by atoms with Crippen molar-refractivity contribution in [3.63, 3.8) is 0 Å². The molecule has 1 fully saturated rings. The summed E-state index contributed by atoms with van der Waals surface area (Å²) in [6.07, 6.45) is 8.22. The number of ether oxygens (including phenoxy) is 1. The maximum Gasteiger partial charge on any atom is 0.373 e. The van der Waals surface area contributed by atoms with E-state index in [2.05, 4.69) is 4.74 Å². The first kappa shape index (κ1) is 14.2. The van der Waals surface area contributed by atoms with Crippen LogP contribution < -0.4 is 0 Å². The molecule has 3 nitrogen and oxygen atoms in total. The van der Waals surface area contributed by atoms with E-state index in [1.807, 2.05) is 6.08 Å². The number of carbonyl (C=O) groups is 1. The molecule has 1 heterocycles. The van der Waals surface area contributed by atoms with Crippen molar-refractivity contribution in [2.45, 2.75) is 32.1 Å². The number of rotatable bonds is 4. The summed E-state index contributed by atoms with van der Waals surface area (Å²) in [7, 11) is 1.34. The van der Waals surface area contributed by atoms with E-state index in [-0.39, 0.29) is 5.76 Å². The predicted octanol–water partition coefficient (Wildman–Crippen LogP) is 4.27. The van der Waals surface area contributed by atoms with Crippen molar-refractivity contribution in [1.29, 1.82) is 0 Å². The SMILES string of the molecule is COC(=O)c1ccc(C=C(CCl)C2CCCCC2)o1. The van der Waals surface area contributed by atoms with Gasteiger partial charge in [0, 0.05) is 5.88 Å². The molecule has 0 N–H and O–H groups in total. The fourth-order valence-electron chi connectivity index (χ4n) is 2.56. The molecule has 1 aliphatic carbocycles. The molecule has 0 aromatic carbocycles. The summed E-state index contributed by atoms with van der Waals surface area (Å²) in [4.78, 5) is 11.3. The van der Waals surface area contributed by atoms with E-state index >= 15 is 0 Å². The van der Waals surface area contributed by atoms with Crippen molar-refractivity contribution in [3.05, 3.63) is 29.2 Å². The van der Waals surface area contributed by atoms with Crippen LogP contribution in [0.5, 0.6) is 0 Å². The molecule has 0 atom stereocenters. The zero-order valence-electron chi connectivity index (χ0n) is 11.2. The molecule has 1 aromatic rings. The van der Waals surface area contributed by atoms with Gasteiger partial charge in [-0.3, -0.25) is 0 Å². The third-order valence-corrected chi connectivity index (χ3v) is 3.93. The van der Waals surface area contributed by atoms with Gasteiger partial charge in [-0.1, -0.05) is 19.3 Å². The highest BCUT2D eigenvalue weighted by molar-refractivity contribution is 6.19. The third-order valence-electron chi connectivity index (χ3n) is 3.62. The number of esters is 1. The lowest BCUT2D eigenvalue weighted by molar-refractivity contribution is 0.0564. The summed E-state index contributed by atoms with van der Waals surface area (Å²) in [6, 6.07) is 3.41. The van der Waals surface area contributed by atoms with Crippen molar-refractivity contribution < 1.29 is 13.9 Å². The first-order valence-electron chi connectivity index (χ1n) is 6.69. The van der Waals surface area contributed by atoms with Crippen LogP contribution in [0.3, 0.4) is 0 Å². The molecule has 4 heteroatoms. The van der Waals surface area contributed by atoms with Gasteiger partial charge in [-0.25, -0.2) is 4.79 Å². The van der Waals surface area contributed by atoms with Crippen LogP contribution in [0.1, 0.15) is 48.4 Å². The lowest BCUT2D eigenvalue weighted by atomic mass is 9.84. The Balaban J connectivity index is 2.12. The molecule has 0 saturated heterocycles. The molecule has 104 valence electrons. The van der Waals surface area contributed by atoms with Crippen molar-refractivity contribution in [1.82, 2.24) is 0 Å². The van der Waals surface area contributed by atoms with Gasteiger partial charge in [-0.05, 0) is 42.5 Å². The van der Waals surface area contributed by atoms with Crippen molar-refractivity contribution in [2.24, 2.45) is 5.92 Å². The van der Waals surface area contributed by atoms with Gasteiger partial charge in [0.2, 0.25) is 5.76 Å². The predicted molar refractivity (Wildman–Crippen MR) is 75.3 cm³/mol. The third kappa shape index (κ3) is 3.63. The monoisotopic (exact) mass is 282 g/mol. The second kappa shape index (κ2) is 6.80. The average molecular weight is 283 g/mol. The number of hydrogen-bond acceptors (Lipinski definition) is 3. The highest BCUT2D eigenvalue weighted by Crippen LogP contribution is 2.31. The Bertz CT molecular complexity index is 456. The van der Waals surface area contributed by atoms with Crippen LogP contribution in [0.4, 0.5) is 0 Å². The quantitative estimate of drug-likeness (QED) is 0.611. The Morgan fingerprint density at radius 3 is 2.79 bits per heavy atom. The second-order valence-electron chi connectivity index (χ2n) is 4.88. The summed E-state index contributed by atoms with van der Waals surface area (Å²) in [5.41, 5.74) is 1.20. The first-order valence-corrected chi connectivity index (χ1v) is 7.22. The van der Waals surface area contributed by atoms with Crippen molar-refractivity contribution in [3.8, 4) is 0 Å². The molecule has 1 aliphatic rings.